The number of carbonyl (C=O) groups excluding carboxylic acids is 1. The first kappa shape index (κ1) is 18.0. The maximum absolute atomic E-state index is 12.7. The van der Waals surface area contributed by atoms with E-state index in [1.807, 2.05) is 0 Å². The number of phenols is 2. The summed E-state index contributed by atoms with van der Waals surface area (Å²) in [5.41, 5.74) is 1.91. The molecule has 2 N–H and O–H groups in total. The Bertz CT molecular complexity index is 859. The van der Waals surface area contributed by atoms with Crippen molar-refractivity contribution in [3.63, 3.8) is 0 Å². The van der Waals surface area contributed by atoms with Gasteiger partial charge < -0.3 is 14.9 Å². The van der Waals surface area contributed by atoms with Crippen molar-refractivity contribution in [2.75, 3.05) is 6.61 Å². The molecule has 0 saturated carbocycles. The summed E-state index contributed by atoms with van der Waals surface area (Å²) in [5, 5.41) is 19.6. The minimum Gasteiger partial charge on any atom is -0.506 e. The third kappa shape index (κ3) is 3.16. The van der Waals surface area contributed by atoms with E-state index in [1.165, 1.54) is 12.1 Å². The van der Waals surface area contributed by atoms with Crippen LogP contribution in [0.3, 0.4) is 0 Å². The van der Waals surface area contributed by atoms with Crippen LogP contribution >= 0.6 is 63.7 Å². The maximum Gasteiger partial charge on any atom is 0.228 e. The zero-order valence-electron chi connectivity index (χ0n) is 11.7. The van der Waals surface area contributed by atoms with Crippen molar-refractivity contribution in [2.45, 2.75) is 0 Å². The first-order chi connectivity index (χ1) is 11.3. The van der Waals surface area contributed by atoms with Crippen molar-refractivity contribution in [3.8, 4) is 11.5 Å². The number of aromatic hydroxyl groups is 2. The molecular formula is C16H8Br4O4. The van der Waals surface area contributed by atoms with Crippen LogP contribution < -0.4 is 0 Å². The molecular weight excluding hydrogens is 576 g/mol. The van der Waals surface area contributed by atoms with E-state index in [4.69, 9.17) is 4.74 Å². The SMILES string of the molecule is O=C(C1=C(c2cc(Br)c(O)c(Br)c2)CO1)c1cc(Br)c(O)c(Br)c1. The van der Waals surface area contributed by atoms with Crippen LogP contribution in [0.5, 0.6) is 11.5 Å². The molecule has 0 fully saturated rings. The highest BCUT2D eigenvalue weighted by Crippen LogP contribution is 2.40. The number of Topliss-reactive ketones (excluding diaryl/α,β-unsaturated/α-hetero) is 1. The van der Waals surface area contributed by atoms with Crippen molar-refractivity contribution in [2.24, 2.45) is 0 Å². The molecule has 2 aromatic rings. The number of phenolic OH excluding ortho intramolecular Hbond substituents is 2. The van der Waals surface area contributed by atoms with Gasteiger partial charge in [0.25, 0.3) is 0 Å². The highest BCUT2D eigenvalue weighted by molar-refractivity contribution is 9.11. The minimum atomic E-state index is -0.280. The van der Waals surface area contributed by atoms with E-state index in [2.05, 4.69) is 63.7 Å². The lowest BCUT2D eigenvalue weighted by Crippen LogP contribution is -2.20. The lowest BCUT2D eigenvalue weighted by molar-refractivity contribution is 0.0901. The van der Waals surface area contributed by atoms with Crippen LogP contribution in [0.1, 0.15) is 15.9 Å². The van der Waals surface area contributed by atoms with E-state index >= 15 is 0 Å². The molecule has 124 valence electrons. The quantitative estimate of drug-likeness (QED) is 0.450. The fourth-order valence-corrected chi connectivity index (χ4v) is 4.57. The lowest BCUT2D eigenvalue weighted by Gasteiger charge is -2.25. The fourth-order valence-electron chi connectivity index (χ4n) is 2.20. The zero-order valence-corrected chi connectivity index (χ0v) is 18.1. The summed E-state index contributed by atoms with van der Waals surface area (Å²) in [4.78, 5) is 12.7. The summed E-state index contributed by atoms with van der Waals surface area (Å²) < 4.78 is 7.25. The third-order valence-electron chi connectivity index (χ3n) is 3.49. The summed E-state index contributed by atoms with van der Waals surface area (Å²) >= 11 is 13.0. The molecule has 0 aromatic heterocycles. The van der Waals surface area contributed by atoms with Gasteiger partial charge in [0, 0.05) is 11.1 Å². The second-order valence-electron chi connectivity index (χ2n) is 5.00. The van der Waals surface area contributed by atoms with Crippen molar-refractivity contribution in [3.05, 3.63) is 59.0 Å². The second-order valence-corrected chi connectivity index (χ2v) is 8.42. The number of rotatable bonds is 3. The molecule has 0 radical (unpaired) electrons. The molecule has 2 aromatic carbocycles. The van der Waals surface area contributed by atoms with Crippen molar-refractivity contribution in [1.82, 2.24) is 0 Å². The van der Waals surface area contributed by atoms with Gasteiger partial charge in [0.05, 0.1) is 17.9 Å². The van der Waals surface area contributed by atoms with Gasteiger partial charge in [-0.1, -0.05) is 0 Å². The maximum atomic E-state index is 12.7. The summed E-state index contributed by atoms with van der Waals surface area (Å²) in [6.45, 7) is 0.311. The predicted molar refractivity (Wildman–Crippen MR) is 104 cm³/mol. The first-order valence-electron chi connectivity index (χ1n) is 6.56. The summed E-state index contributed by atoms with van der Waals surface area (Å²) in [6.07, 6.45) is 0. The first-order valence-corrected chi connectivity index (χ1v) is 9.74. The Balaban J connectivity index is 2.03. The summed E-state index contributed by atoms with van der Waals surface area (Å²) in [5.74, 6) is 0.0995. The largest absolute Gasteiger partial charge is 0.506 e. The molecule has 0 atom stereocenters. The van der Waals surface area contributed by atoms with E-state index in [0.717, 1.165) is 11.1 Å². The number of allylic oxidation sites excluding steroid dienone is 1. The van der Waals surface area contributed by atoms with Crippen LogP contribution in [-0.4, -0.2) is 22.6 Å². The van der Waals surface area contributed by atoms with E-state index in [0.29, 0.717) is 30.1 Å². The Kier molecular flexibility index (Phi) is 5.11. The smallest absolute Gasteiger partial charge is 0.228 e. The topological polar surface area (TPSA) is 66.8 Å². The summed E-state index contributed by atoms with van der Waals surface area (Å²) in [6, 6.07) is 6.54. The average molecular weight is 584 g/mol. The number of carbonyl (C=O) groups is 1. The standard InChI is InChI=1S/C16H8Br4O4/c17-9-1-6(2-10(18)14(9)22)8-5-24-16(8)13(21)7-3-11(19)15(23)12(20)4-7/h1-4,22-23H,5H2. The van der Waals surface area contributed by atoms with E-state index in [9.17, 15) is 15.0 Å². The zero-order chi connectivity index (χ0) is 17.6. The number of halogens is 4. The van der Waals surface area contributed by atoms with Crippen LogP contribution in [0.2, 0.25) is 0 Å². The van der Waals surface area contributed by atoms with E-state index in [-0.39, 0.29) is 23.0 Å². The normalized spacial score (nSPS) is 13.5. The Labute approximate surface area is 171 Å². The van der Waals surface area contributed by atoms with E-state index < -0.39 is 0 Å². The Morgan fingerprint density at radius 3 is 1.75 bits per heavy atom. The Morgan fingerprint density at radius 1 is 0.875 bits per heavy atom. The number of hydrogen-bond donors (Lipinski definition) is 2. The van der Waals surface area contributed by atoms with Gasteiger partial charge in [-0.25, -0.2) is 0 Å². The van der Waals surface area contributed by atoms with Gasteiger partial charge in [0.1, 0.15) is 18.1 Å². The molecule has 1 aliphatic rings. The van der Waals surface area contributed by atoms with Gasteiger partial charge in [-0.3, -0.25) is 4.79 Å². The van der Waals surface area contributed by atoms with Crippen LogP contribution in [-0.2, 0) is 4.74 Å². The highest BCUT2D eigenvalue weighted by atomic mass is 79.9. The van der Waals surface area contributed by atoms with Crippen molar-refractivity contribution < 1.29 is 19.7 Å². The van der Waals surface area contributed by atoms with Gasteiger partial charge >= 0.3 is 0 Å². The van der Waals surface area contributed by atoms with Crippen LogP contribution in [0.15, 0.2) is 47.9 Å². The fraction of sp³-hybridized carbons (Fsp3) is 0.0625. The van der Waals surface area contributed by atoms with Crippen LogP contribution in [0, 0.1) is 0 Å². The third-order valence-corrected chi connectivity index (χ3v) is 5.90. The van der Waals surface area contributed by atoms with Crippen LogP contribution in [0.25, 0.3) is 5.57 Å². The van der Waals surface area contributed by atoms with Gasteiger partial charge in [-0.2, -0.15) is 0 Å². The molecule has 0 saturated heterocycles. The Hall–Kier alpha value is -0.830. The molecule has 0 amide bonds. The molecule has 8 heteroatoms. The minimum absolute atomic E-state index is 0.0293. The van der Waals surface area contributed by atoms with Crippen molar-refractivity contribution >= 4 is 75.1 Å². The molecule has 3 rings (SSSR count). The lowest BCUT2D eigenvalue weighted by atomic mass is 9.97. The number of ether oxygens (including phenoxy) is 1. The molecule has 0 unspecified atom stereocenters. The molecule has 24 heavy (non-hydrogen) atoms. The van der Waals surface area contributed by atoms with Gasteiger partial charge in [0.15, 0.2) is 5.76 Å². The molecule has 1 aliphatic heterocycles. The molecule has 0 spiro atoms. The number of ketones is 1. The van der Waals surface area contributed by atoms with Gasteiger partial charge in [-0.15, -0.1) is 0 Å². The number of hydrogen-bond acceptors (Lipinski definition) is 4. The Morgan fingerprint density at radius 2 is 1.33 bits per heavy atom. The van der Waals surface area contributed by atoms with Crippen LogP contribution in [0.4, 0.5) is 0 Å². The molecule has 4 nitrogen and oxygen atoms in total. The second kappa shape index (κ2) is 6.82. The van der Waals surface area contributed by atoms with Crippen molar-refractivity contribution in [1.29, 1.82) is 0 Å². The molecule has 0 aliphatic carbocycles. The molecule has 0 bridgehead atoms. The summed E-state index contributed by atoms with van der Waals surface area (Å²) in [7, 11) is 0. The average Bonchev–Trinajstić information content (AvgIpc) is 2.48. The number of benzene rings is 2. The highest BCUT2D eigenvalue weighted by Gasteiger charge is 2.29. The van der Waals surface area contributed by atoms with E-state index in [1.54, 1.807) is 12.1 Å². The van der Waals surface area contributed by atoms with Gasteiger partial charge in [0.2, 0.25) is 5.78 Å². The monoisotopic (exact) mass is 580 g/mol. The van der Waals surface area contributed by atoms with Gasteiger partial charge in [-0.05, 0) is 93.5 Å². The predicted octanol–water partition coefficient (Wildman–Crippen LogP) is 5.77. The molecule has 1 heterocycles.